The Kier molecular flexibility index (Phi) is 17.5. The molecule has 0 unspecified atom stereocenters. The summed E-state index contributed by atoms with van der Waals surface area (Å²) in [6, 6.07) is 0. The van der Waals surface area contributed by atoms with E-state index in [-0.39, 0.29) is 11.9 Å². The van der Waals surface area contributed by atoms with Crippen molar-refractivity contribution >= 4 is 11.9 Å². The van der Waals surface area contributed by atoms with Crippen molar-refractivity contribution in [3.05, 3.63) is 0 Å². The van der Waals surface area contributed by atoms with Crippen LogP contribution in [0, 0.1) is 0 Å². The second-order valence-electron chi connectivity index (χ2n) is 6.41. The first-order valence-electron chi connectivity index (χ1n) is 10.0. The quantitative estimate of drug-likeness (QED) is 0.256. The van der Waals surface area contributed by atoms with Crippen LogP contribution >= 0.6 is 0 Å². The SMILES string of the molecule is CCCCCCCCCCCOC(=O)CCCCCC(=O)OCC. The maximum atomic E-state index is 11.6. The van der Waals surface area contributed by atoms with E-state index in [1.54, 1.807) is 0 Å². The smallest absolute Gasteiger partial charge is 0.305 e. The van der Waals surface area contributed by atoms with Crippen LogP contribution in [0.4, 0.5) is 0 Å². The number of hydrogen-bond donors (Lipinski definition) is 0. The van der Waals surface area contributed by atoms with Crippen molar-refractivity contribution in [2.75, 3.05) is 13.2 Å². The van der Waals surface area contributed by atoms with Gasteiger partial charge in [-0.3, -0.25) is 9.59 Å². The van der Waals surface area contributed by atoms with Crippen LogP contribution in [0.15, 0.2) is 0 Å². The average molecular weight is 343 g/mol. The molecule has 0 bridgehead atoms. The van der Waals surface area contributed by atoms with E-state index in [0.717, 1.165) is 32.1 Å². The lowest BCUT2D eigenvalue weighted by molar-refractivity contribution is -0.144. The highest BCUT2D eigenvalue weighted by Gasteiger charge is 2.04. The van der Waals surface area contributed by atoms with Gasteiger partial charge >= 0.3 is 11.9 Å². The highest BCUT2D eigenvalue weighted by atomic mass is 16.5. The van der Waals surface area contributed by atoms with Crippen LogP contribution in [0.1, 0.15) is 104 Å². The molecule has 0 aliphatic heterocycles. The Balaban J connectivity index is 3.22. The van der Waals surface area contributed by atoms with Crippen molar-refractivity contribution in [3.8, 4) is 0 Å². The predicted molar refractivity (Wildman–Crippen MR) is 97.9 cm³/mol. The van der Waals surface area contributed by atoms with Gasteiger partial charge in [-0.1, -0.05) is 64.7 Å². The second kappa shape index (κ2) is 18.3. The summed E-state index contributed by atoms with van der Waals surface area (Å²) < 4.78 is 10.1. The van der Waals surface area contributed by atoms with Crippen molar-refractivity contribution in [1.29, 1.82) is 0 Å². The molecule has 0 radical (unpaired) electrons. The zero-order chi connectivity index (χ0) is 17.9. The minimum atomic E-state index is -0.148. The first-order valence-corrected chi connectivity index (χ1v) is 10.0. The van der Waals surface area contributed by atoms with Crippen molar-refractivity contribution < 1.29 is 19.1 Å². The highest BCUT2D eigenvalue weighted by Crippen LogP contribution is 2.10. The van der Waals surface area contributed by atoms with E-state index in [4.69, 9.17) is 9.47 Å². The molecule has 0 rings (SSSR count). The number of carbonyl (C=O) groups is 2. The third-order valence-electron chi connectivity index (χ3n) is 4.08. The van der Waals surface area contributed by atoms with E-state index in [2.05, 4.69) is 6.92 Å². The Bertz CT molecular complexity index is 302. The van der Waals surface area contributed by atoms with Gasteiger partial charge in [0.2, 0.25) is 0 Å². The van der Waals surface area contributed by atoms with E-state index in [0.29, 0.717) is 26.1 Å². The molecule has 0 aromatic carbocycles. The van der Waals surface area contributed by atoms with E-state index < -0.39 is 0 Å². The van der Waals surface area contributed by atoms with Gasteiger partial charge in [0.05, 0.1) is 13.2 Å². The first-order chi connectivity index (χ1) is 11.7. The second-order valence-corrected chi connectivity index (χ2v) is 6.41. The van der Waals surface area contributed by atoms with Gasteiger partial charge in [0.15, 0.2) is 0 Å². The Labute approximate surface area is 148 Å². The van der Waals surface area contributed by atoms with E-state index in [9.17, 15) is 9.59 Å². The minimum Gasteiger partial charge on any atom is -0.466 e. The van der Waals surface area contributed by atoms with Crippen LogP contribution in [-0.2, 0) is 19.1 Å². The molecule has 0 aromatic heterocycles. The molecule has 142 valence electrons. The molecule has 24 heavy (non-hydrogen) atoms. The van der Waals surface area contributed by atoms with Crippen LogP contribution in [0.25, 0.3) is 0 Å². The number of unbranched alkanes of at least 4 members (excludes halogenated alkanes) is 10. The topological polar surface area (TPSA) is 52.6 Å². The first kappa shape index (κ1) is 22.9. The summed E-state index contributed by atoms with van der Waals surface area (Å²) in [6.07, 6.45) is 14.8. The molecule has 0 saturated heterocycles. The van der Waals surface area contributed by atoms with Crippen molar-refractivity contribution in [2.24, 2.45) is 0 Å². The van der Waals surface area contributed by atoms with E-state index in [1.165, 1.54) is 44.9 Å². The number of esters is 2. The lowest BCUT2D eigenvalue weighted by Crippen LogP contribution is -2.06. The van der Waals surface area contributed by atoms with Crippen LogP contribution in [0.5, 0.6) is 0 Å². The van der Waals surface area contributed by atoms with Crippen LogP contribution < -0.4 is 0 Å². The fourth-order valence-electron chi connectivity index (χ4n) is 2.62. The van der Waals surface area contributed by atoms with Crippen LogP contribution in [-0.4, -0.2) is 25.2 Å². The third kappa shape index (κ3) is 17.3. The normalized spacial score (nSPS) is 10.6. The van der Waals surface area contributed by atoms with Gasteiger partial charge in [-0.25, -0.2) is 0 Å². The van der Waals surface area contributed by atoms with Gasteiger partial charge < -0.3 is 9.47 Å². The molecule has 0 amide bonds. The van der Waals surface area contributed by atoms with Gasteiger partial charge in [-0.2, -0.15) is 0 Å². The summed E-state index contributed by atoms with van der Waals surface area (Å²) in [5.74, 6) is -0.254. The Hall–Kier alpha value is -1.06. The average Bonchev–Trinajstić information content (AvgIpc) is 2.56. The predicted octanol–water partition coefficient (Wildman–Crippen LogP) is 5.57. The number of rotatable bonds is 17. The van der Waals surface area contributed by atoms with Crippen LogP contribution in [0.2, 0.25) is 0 Å². The zero-order valence-corrected chi connectivity index (χ0v) is 15.9. The number of carbonyl (C=O) groups excluding carboxylic acids is 2. The lowest BCUT2D eigenvalue weighted by atomic mass is 10.1. The molecule has 0 N–H and O–H groups in total. The van der Waals surface area contributed by atoms with Gasteiger partial charge in [-0.05, 0) is 26.2 Å². The summed E-state index contributed by atoms with van der Waals surface area (Å²) in [4.78, 5) is 22.7. The molecule has 0 aliphatic carbocycles. The molecular weight excluding hydrogens is 304 g/mol. The lowest BCUT2D eigenvalue weighted by Gasteiger charge is -2.05. The van der Waals surface area contributed by atoms with Crippen LogP contribution in [0.3, 0.4) is 0 Å². The Morgan fingerprint density at radius 1 is 0.583 bits per heavy atom. The van der Waals surface area contributed by atoms with Gasteiger partial charge in [0.1, 0.15) is 0 Å². The molecule has 0 spiro atoms. The molecular formula is C20H38O4. The van der Waals surface area contributed by atoms with Gasteiger partial charge in [0, 0.05) is 12.8 Å². The Morgan fingerprint density at radius 3 is 1.58 bits per heavy atom. The maximum Gasteiger partial charge on any atom is 0.305 e. The van der Waals surface area contributed by atoms with Crippen molar-refractivity contribution in [3.63, 3.8) is 0 Å². The van der Waals surface area contributed by atoms with Crippen molar-refractivity contribution in [1.82, 2.24) is 0 Å². The summed E-state index contributed by atoms with van der Waals surface area (Å²) in [5.41, 5.74) is 0. The monoisotopic (exact) mass is 342 g/mol. The molecule has 4 nitrogen and oxygen atoms in total. The number of ether oxygens (including phenoxy) is 2. The zero-order valence-electron chi connectivity index (χ0n) is 15.9. The maximum absolute atomic E-state index is 11.6. The fourth-order valence-corrected chi connectivity index (χ4v) is 2.62. The summed E-state index contributed by atoms with van der Waals surface area (Å²) in [7, 11) is 0. The number of hydrogen-bond acceptors (Lipinski definition) is 4. The summed E-state index contributed by atoms with van der Waals surface area (Å²) >= 11 is 0. The van der Waals surface area contributed by atoms with Crippen molar-refractivity contribution in [2.45, 2.75) is 104 Å². The Morgan fingerprint density at radius 2 is 1.04 bits per heavy atom. The minimum absolute atomic E-state index is 0.106. The summed E-state index contributed by atoms with van der Waals surface area (Å²) in [6.45, 7) is 5.04. The van der Waals surface area contributed by atoms with E-state index >= 15 is 0 Å². The third-order valence-corrected chi connectivity index (χ3v) is 4.08. The molecule has 0 aliphatic rings. The molecule has 0 saturated carbocycles. The molecule has 0 atom stereocenters. The molecule has 0 fully saturated rings. The molecule has 0 aromatic rings. The summed E-state index contributed by atoms with van der Waals surface area (Å²) in [5, 5.41) is 0. The van der Waals surface area contributed by atoms with Gasteiger partial charge in [-0.15, -0.1) is 0 Å². The van der Waals surface area contributed by atoms with Gasteiger partial charge in [0.25, 0.3) is 0 Å². The fraction of sp³-hybridized carbons (Fsp3) is 0.900. The standard InChI is InChI=1S/C20H38O4/c1-3-5-6-7-8-9-10-11-15-18-24-20(22)17-14-12-13-16-19(21)23-4-2/h3-18H2,1-2H3. The van der Waals surface area contributed by atoms with E-state index in [1.807, 2.05) is 6.92 Å². The largest absolute Gasteiger partial charge is 0.466 e. The molecule has 4 heteroatoms. The molecule has 0 heterocycles. The highest BCUT2D eigenvalue weighted by molar-refractivity contribution is 5.69.